The predicted octanol–water partition coefficient (Wildman–Crippen LogP) is 0.800. The molecular formula is C12H18N4O5. The number of carboxylic acids is 1. The van der Waals surface area contributed by atoms with Gasteiger partial charge in [0.15, 0.2) is 0 Å². The summed E-state index contributed by atoms with van der Waals surface area (Å²) in [7, 11) is 0. The van der Waals surface area contributed by atoms with Gasteiger partial charge in [0.1, 0.15) is 5.69 Å². The lowest BCUT2D eigenvalue weighted by molar-refractivity contribution is -0.384. The third-order valence-electron chi connectivity index (χ3n) is 3.46. The zero-order valence-electron chi connectivity index (χ0n) is 12.0. The fourth-order valence-electron chi connectivity index (χ4n) is 2.58. The van der Waals surface area contributed by atoms with Crippen molar-refractivity contribution in [3.63, 3.8) is 0 Å². The van der Waals surface area contributed by atoms with Crippen LogP contribution in [0.2, 0.25) is 0 Å². The number of hydrogen-bond acceptors (Lipinski definition) is 6. The van der Waals surface area contributed by atoms with Crippen molar-refractivity contribution in [1.29, 1.82) is 0 Å². The molecule has 1 aromatic rings. The van der Waals surface area contributed by atoms with Gasteiger partial charge in [-0.1, -0.05) is 0 Å². The maximum atomic E-state index is 11.3. The molecule has 1 atom stereocenters. The van der Waals surface area contributed by atoms with Crippen LogP contribution in [0.5, 0.6) is 0 Å². The average molecular weight is 298 g/mol. The van der Waals surface area contributed by atoms with E-state index < -0.39 is 16.9 Å². The Labute approximate surface area is 121 Å². The molecule has 1 saturated heterocycles. The highest BCUT2D eigenvalue weighted by Crippen LogP contribution is 2.34. The number of ether oxygens (including phenoxy) is 1. The molecule has 9 nitrogen and oxygen atoms in total. The van der Waals surface area contributed by atoms with Crippen LogP contribution < -0.4 is 4.90 Å². The van der Waals surface area contributed by atoms with Gasteiger partial charge in [0.25, 0.3) is 0 Å². The topological polar surface area (TPSA) is 111 Å². The minimum Gasteiger partial charge on any atom is -0.481 e. The summed E-state index contributed by atoms with van der Waals surface area (Å²) in [5.74, 6) is -0.591. The number of nitro groups is 1. The Bertz CT molecular complexity index is 556. The third kappa shape index (κ3) is 2.97. The van der Waals surface area contributed by atoms with Gasteiger partial charge < -0.3 is 14.7 Å². The molecule has 1 unspecified atom stereocenters. The quantitative estimate of drug-likeness (QED) is 0.632. The molecule has 9 heteroatoms. The smallest absolute Gasteiger partial charge is 0.333 e. The normalized spacial score (nSPS) is 18.8. The number of aromatic nitrogens is 2. The van der Waals surface area contributed by atoms with Gasteiger partial charge in [-0.25, -0.2) is 4.68 Å². The zero-order chi connectivity index (χ0) is 15.6. The second kappa shape index (κ2) is 6.08. The molecule has 21 heavy (non-hydrogen) atoms. The first-order chi connectivity index (χ1) is 9.95. The lowest BCUT2D eigenvalue weighted by Gasteiger charge is -2.35. The van der Waals surface area contributed by atoms with E-state index in [9.17, 15) is 14.9 Å². The highest BCUT2D eigenvalue weighted by Gasteiger charge is 2.35. The van der Waals surface area contributed by atoms with Crippen LogP contribution >= 0.6 is 0 Å². The van der Waals surface area contributed by atoms with E-state index in [1.165, 1.54) is 0 Å². The second-order valence-electron chi connectivity index (χ2n) is 4.85. The molecule has 1 fully saturated rings. The van der Waals surface area contributed by atoms with E-state index in [0.29, 0.717) is 31.2 Å². The van der Waals surface area contributed by atoms with Crippen molar-refractivity contribution in [2.45, 2.75) is 32.9 Å². The summed E-state index contributed by atoms with van der Waals surface area (Å²) in [5.41, 5.74) is 0.270. The third-order valence-corrected chi connectivity index (χ3v) is 3.46. The van der Waals surface area contributed by atoms with Crippen LogP contribution in [-0.4, -0.2) is 51.6 Å². The Kier molecular flexibility index (Phi) is 4.41. The number of nitrogens with zero attached hydrogens (tertiary/aromatic N) is 4. The van der Waals surface area contributed by atoms with Crippen molar-refractivity contribution in [1.82, 2.24) is 9.78 Å². The molecule has 2 heterocycles. The van der Waals surface area contributed by atoms with Gasteiger partial charge in [-0.2, -0.15) is 5.10 Å². The van der Waals surface area contributed by atoms with Crippen LogP contribution in [0.1, 0.15) is 19.0 Å². The number of carbonyl (C=O) groups is 1. The Morgan fingerprint density at radius 1 is 1.62 bits per heavy atom. The molecule has 0 aliphatic carbocycles. The predicted molar refractivity (Wildman–Crippen MR) is 73.5 cm³/mol. The fraction of sp³-hybridized carbons (Fsp3) is 0.667. The van der Waals surface area contributed by atoms with Crippen LogP contribution in [0.4, 0.5) is 11.5 Å². The minimum atomic E-state index is -0.961. The van der Waals surface area contributed by atoms with Crippen molar-refractivity contribution in [2.24, 2.45) is 0 Å². The van der Waals surface area contributed by atoms with Crippen LogP contribution in [0.15, 0.2) is 0 Å². The lowest BCUT2D eigenvalue weighted by Crippen LogP contribution is -2.47. The van der Waals surface area contributed by atoms with Crippen LogP contribution in [-0.2, 0) is 16.1 Å². The standard InChI is InChI=1S/C12H18N4O5/c1-3-15-12(11(16(19)20)8(2)13-15)14-4-5-21-7-9(14)6-10(17)18/h9H,3-7H2,1-2H3,(H,17,18). The first-order valence-corrected chi connectivity index (χ1v) is 6.73. The van der Waals surface area contributed by atoms with E-state index in [1.54, 1.807) is 16.5 Å². The van der Waals surface area contributed by atoms with Crippen LogP contribution in [0.25, 0.3) is 0 Å². The number of morpholine rings is 1. The monoisotopic (exact) mass is 298 g/mol. The molecular weight excluding hydrogens is 280 g/mol. The summed E-state index contributed by atoms with van der Waals surface area (Å²) in [6, 6.07) is -0.434. The highest BCUT2D eigenvalue weighted by atomic mass is 16.6. The number of carboxylic acid groups (broad SMARTS) is 1. The summed E-state index contributed by atoms with van der Waals surface area (Å²) >= 11 is 0. The molecule has 1 aliphatic heterocycles. The van der Waals surface area contributed by atoms with E-state index in [4.69, 9.17) is 9.84 Å². The summed E-state index contributed by atoms with van der Waals surface area (Å²) < 4.78 is 6.86. The van der Waals surface area contributed by atoms with Crippen molar-refractivity contribution in [3.05, 3.63) is 15.8 Å². The molecule has 0 saturated carbocycles. The second-order valence-corrected chi connectivity index (χ2v) is 4.85. The van der Waals surface area contributed by atoms with Gasteiger partial charge in [0.2, 0.25) is 5.82 Å². The van der Waals surface area contributed by atoms with E-state index in [2.05, 4.69) is 5.10 Å². The van der Waals surface area contributed by atoms with Crippen molar-refractivity contribution >= 4 is 17.5 Å². The minimum absolute atomic E-state index is 0.0610. The van der Waals surface area contributed by atoms with Crippen molar-refractivity contribution < 1.29 is 19.6 Å². The van der Waals surface area contributed by atoms with Crippen LogP contribution in [0.3, 0.4) is 0 Å². The first-order valence-electron chi connectivity index (χ1n) is 6.73. The van der Waals surface area contributed by atoms with Gasteiger partial charge in [0, 0.05) is 13.1 Å². The summed E-state index contributed by atoms with van der Waals surface area (Å²) in [6.07, 6.45) is -0.134. The van der Waals surface area contributed by atoms with Crippen molar-refractivity contribution in [2.75, 3.05) is 24.7 Å². The Morgan fingerprint density at radius 3 is 2.90 bits per heavy atom. The van der Waals surface area contributed by atoms with E-state index >= 15 is 0 Å². The van der Waals surface area contributed by atoms with Gasteiger partial charge in [0.05, 0.1) is 30.6 Å². The number of anilines is 1. The number of hydrogen-bond donors (Lipinski definition) is 1. The van der Waals surface area contributed by atoms with Gasteiger partial charge in [-0.05, 0) is 13.8 Å². The number of aryl methyl sites for hydroxylation is 2. The summed E-state index contributed by atoms with van der Waals surface area (Å²) in [4.78, 5) is 23.6. The van der Waals surface area contributed by atoms with E-state index in [0.717, 1.165) is 0 Å². The molecule has 1 N–H and O–H groups in total. The van der Waals surface area contributed by atoms with Gasteiger partial charge in [-0.3, -0.25) is 14.9 Å². The van der Waals surface area contributed by atoms with E-state index in [1.807, 2.05) is 6.92 Å². The Hall–Kier alpha value is -2.16. The zero-order valence-corrected chi connectivity index (χ0v) is 12.0. The summed E-state index contributed by atoms with van der Waals surface area (Å²) in [6.45, 7) is 4.94. The molecule has 116 valence electrons. The van der Waals surface area contributed by atoms with Gasteiger partial charge >= 0.3 is 11.7 Å². The first kappa shape index (κ1) is 15.2. The SMILES string of the molecule is CCn1nc(C)c([N+](=O)[O-])c1N1CCOCC1CC(=O)O. The molecule has 1 aliphatic rings. The maximum absolute atomic E-state index is 11.3. The van der Waals surface area contributed by atoms with Gasteiger partial charge in [-0.15, -0.1) is 0 Å². The number of aliphatic carboxylic acids is 1. The lowest BCUT2D eigenvalue weighted by atomic mass is 10.1. The summed E-state index contributed by atoms with van der Waals surface area (Å²) in [5, 5.41) is 24.5. The van der Waals surface area contributed by atoms with E-state index in [-0.39, 0.29) is 18.7 Å². The Balaban J connectivity index is 2.46. The largest absolute Gasteiger partial charge is 0.481 e. The molecule has 0 amide bonds. The van der Waals surface area contributed by atoms with Crippen LogP contribution in [0, 0.1) is 17.0 Å². The molecule has 0 spiro atoms. The molecule has 2 rings (SSSR count). The maximum Gasteiger partial charge on any atom is 0.333 e. The number of rotatable bonds is 5. The fourth-order valence-corrected chi connectivity index (χ4v) is 2.58. The molecule has 1 aromatic heterocycles. The highest BCUT2D eigenvalue weighted by molar-refractivity contribution is 5.70. The average Bonchev–Trinajstić information content (AvgIpc) is 2.75. The van der Waals surface area contributed by atoms with Crippen molar-refractivity contribution in [3.8, 4) is 0 Å². The molecule has 0 aromatic carbocycles. The molecule has 0 radical (unpaired) electrons. The Morgan fingerprint density at radius 2 is 2.33 bits per heavy atom. The molecule has 0 bridgehead atoms.